The predicted molar refractivity (Wildman–Crippen MR) is 91.7 cm³/mol. The van der Waals surface area contributed by atoms with Gasteiger partial charge in [0.2, 0.25) is 5.78 Å². The molecule has 1 saturated heterocycles. The summed E-state index contributed by atoms with van der Waals surface area (Å²) in [5, 5.41) is 19.4. The molecule has 2 aromatic rings. The standard InChI is InChI=1S/C19H19NO5/c21-14-10-15(22)18-16(11-14)25-17(19(18)23)9-12-1-3-13(4-2-12)20-5-7-24-8-6-20/h1-4,10-11,17,21-22H,5-9H2. The summed E-state index contributed by atoms with van der Waals surface area (Å²) >= 11 is 0. The summed E-state index contributed by atoms with van der Waals surface area (Å²) in [4.78, 5) is 14.7. The highest BCUT2D eigenvalue weighted by atomic mass is 16.5. The highest BCUT2D eigenvalue weighted by Crippen LogP contribution is 2.39. The molecule has 1 unspecified atom stereocenters. The maximum Gasteiger partial charge on any atom is 0.211 e. The predicted octanol–water partition coefficient (Wildman–Crippen LogP) is 2.12. The van der Waals surface area contributed by atoms with Crippen LogP contribution in [0.25, 0.3) is 0 Å². The molecule has 0 saturated carbocycles. The molecule has 2 aliphatic heterocycles. The molecule has 0 aliphatic carbocycles. The molecule has 1 fully saturated rings. The van der Waals surface area contributed by atoms with Gasteiger partial charge in [0.15, 0.2) is 6.10 Å². The first kappa shape index (κ1) is 15.8. The van der Waals surface area contributed by atoms with Gasteiger partial charge in [-0.1, -0.05) is 12.1 Å². The molecular weight excluding hydrogens is 322 g/mol. The van der Waals surface area contributed by atoms with Gasteiger partial charge in [0.1, 0.15) is 22.8 Å². The van der Waals surface area contributed by atoms with Crippen LogP contribution in [0, 0.1) is 0 Å². The van der Waals surface area contributed by atoms with Gasteiger partial charge in [0, 0.05) is 37.3 Å². The Morgan fingerprint density at radius 1 is 1.08 bits per heavy atom. The minimum Gasteiger partial charge on any atom is -0.508 e. The minimum absolute atomic E-state index is 0.125. The number of ketones is 1. The van der Waals surface area contributed by atoms with Crippen LogP contribution in [0.4, 0.5) is 5.69 Å². The lowest BCUT2D eigenvalue weighted by Crippen LogP contribution is -2.36. The highest BCUT2D eigenvalue weighted by molar-refractivity contribution is 6.07. The van der Waals surface area contributed by atoms with Gasteiger partial charge in [-0.25, -0.2) is 0 Å². The first-order valence-corrected chi connectivity index (χ1v) is 8.30. The summed E-state index contributed by atoms with van der Waals surface area (Å²) in [7, 11) is 0. The SMILES string of the molecule is O=C1c2c(O)cc(O)cc2OC1Cc1ccc(N2CCOCC2)cc1. The minimum atomic E-state index is -0.683. The number of ether oxygens (including phenoxy) is 2. The maximum absolute atomic E-state index is 12.5. The first-order valence-electron chi connectivity index (χ1n) is 8.30. The number of phenols is 2. The van der Waals surface area contributed by atoms with Crippen molar-refractivity contribution in [2.45, 2.75) is 12.5 Å². The van der Waals surface area contributed by atoms with Crippen molar-refractivity contribution >= 4 is 11.5 Å². The van der Waals surface area contributed by atoms with Crippen LogP contribution in [0.3, 0.4) is 0 Å². The summed E-state index contributed by atoms with van der Waals surface area (Å²) in [6, 6.07) is 10.6. The zero-order valence-corrected chi connectivity index (χ0v) is 13.6. The Bertz CT molecular complexity index is 796. The molecule has 2 N–H and O–H groups in total. The van der Waals surface area contributed by atoms with Gasteiger partial charge in [-0.2, -0.15) is 0 Å². The van der Waals surface area contributed by atoms with E-state index in [1.54, 1.807) is 0 Å². The fraction of sp³-hybridized carbons (Fsp3) is 0.316. The first-order chi connectivity index (χ1) is 12.1. The second kappa shape index (κ2) is 6.29. The zero-order chi connectivity index (χ0) is 17.4. The Morgan fingerprint density at radius 2 is 1.80 bits per heavy atom. The monoisotopic (exact) mass is 341 g/mol. The number of hydrogen-bond acceptors (Lipinski definition) is 6. The largest absolute Gasteiger partial charge is 0.508 e. The van der Waals surface area contributed by atoms with Crippen LogP contribution in [0.2, 0.25) is 0 Å². The van der Waals surface area contributed by atoms with E-state index in [9.17, 15) is 15.0 Å². The van der Waals surface area contributed by atoms with Gasteiger partial charge in [0.25, 0.3) is 0 Å². The third-order valence-corrected chi connectivity index (χ3v) is 4.61. The lowest BCUT2D eigenvalue weighted by Gasteiger charge is -2.29. The number of anilines is 1. The zero-order valence-electron chi connectivity index (χ0n) is 13.6. The van der Waals surface area contributed by atoms with E-state index in [4.69, 9.17) is 9.47 Å². The molecule has 1 atom stereocenters. The fourth-order valence-electron chi connectivity index (χ4n) is 3.31. The Hall–Kier alpha value is -2.73. The van der Waals surface area contributed by atoms with Crippen molar-refractivity contribution < 1.29 is 24.5 Å². The smallest absolute Gasteiger partial charge is 0.211 e. The number of fused-ring (bicyclic) bond motifs is 1. The molecule has 4 rings (SSSR count). The summed E-state index contributed by atoms with van der Waals surface area (Å²) in [6.07, 6.45) is -0.270. The maximum atomic E-state index is 12.5. The number of benzene rings is 2. The number of rotatable bonds is 3. The Kier molecular flexibility index (Phi) is 3.97. The van der Waals surface area contributed by atoms with Crippen LogP contribution >= 0.6 is 0 Å². The van der Waals surface area contributed by atoms with Crippen LogP contribution in [-0.2, 0) is 11.2 Å². The average Bonchev–Trinajstić information content (AvgIpc) is 2.92. The van der Waals surface area contributed by atoms with Crippen LogP contribution < -0.4 is 9.64 Å². The summed E-state index contributed by atoms with van der Waals surface area (Å²) in [6.45, 7) is 3.23. The molecule has 2 aliphatic rings. The molecule has 0 spiro atoms. The molecule has 2 heterocycles. The van der Waals surface area contributed by atoms with Crippen LogP contribution in [0.15, 0.2) is 36.4 Å². The van der Waals surface area contributed by atoms with Crippen molar-refractivity contribution in [2.75, 3.05) is 31.2 Å². The third-order valence-electron chi connectivity index (χ3n) is 4.61. The van der Waals surface area contributed by atoms with Crippen LogP contribution in [0.1, 0.15) is 15.9 Å². The Morgan fingerprint density at radius 3 is 2.52 bits per heavy atom. The van der Waals surface area contributed by atoms with E-state index in [0.717, 1.165) is 43.6 Å². The fourth-order valence-corrected chi connectivity index (χ4v) is 3.31. The van der Waals surface area contributed by atoms with E-state index in [-0.39, 0.29) is 28.6 Å². The van der Waals surface area contributed by atoms with E-state index in [1.807, 2.05) is 24.3 Å². The Balaban J connectivity index is 1.48. The van der Waals surface area contributed by atoms with E-state index in [1.165, 1.54) is 6.07 Å². The number of carbonyl (C=O) groups is 1. The van der Waals surface area contributed by atoms with Crippen molar-refractivity contribution in [1.29, 1.82) is 0 Å². The van der Waals surface area contributed by atoms with E-state index >= 15 is 0 Å². The lowest BCUT2D eigenvalue weighted by molar-refractivity contribution is 0.0856. The second-order valence-corrected chi connectivity index (χ2v) is 6.28. The number of carbonyl (C=O) groups excluding carboxylic acids is 1. The molecular formula is C19H19NO5. The molecule has 0 bridgehead atoms. The summed E-state index contributed by atoms with van der Waals surface area (Å²) in [5.41, 5.74) is 2.26. The summed E-state index contributed by atoms with van der Waals surface area (Å²) < 4.78 is 11.0. The number of aromatic hydroxyl groups is 2. The molecule has 2 aromatic carbocycles. The van der Waals surface area contributed by atoms with E-state index in [2.05, 4.69) is 4.90 Å². The highest BCUT2D eigenvalue weighted by Gasteiger charge is 2.35. The van der Waals surface area contributed by atoms with E-state index < -0.39 is 6.10 Å². The van der Waals surface area contributed by atoms with Crippen molar-refractivity contribution in [3.63, 3.8) is 0 Å². The van der Waals surface area contributed by atoms with Crippen molar-refractivity contribution in [2.24, 2.45) is 0 Å². The topological polar surface area (TPSA) is 79.2 Å². The van der Waals surface area contributed by atoms with Crippen molar-refractivity contribution in [3.05, 3.63) is 47.5 Å². The van der Waals surface area contributed by atoms with Crippen molar-refractivity contribution in [3.8, 4) is 17.2 Å². The number of morpholine rings is 1. The number of nitrogens with zero attached hydrogens (tertiary/aromatic N) is 1. The van der Waals surface area contributed by atoms with Gasteiger partial charge < -0.3 is 24.6 Å². The van der Waals surface area contributed by atoms with Gasteiger partial charge in [-0.05, 0) is 17.7 Å². The van der Waals surface area contributed by atoms with Crippen LogP contribution in [-0.4, -0.2) is 48.4 Å². The normalized spacial score (nSPS) is 19.6. The second-order valence-electron chi connectivity index (χ2n) is 6.28. The molecule has 25 heavy (non-hydrogen) atoms. The molecule has 0 aromatic heterocycles. The molecule has 6 heteroatoms. The molecule has 130 valence electrons. The Labute approximate surface area is 145 Å². The lowest BCUT2D eigenvalue weighted by atomic mass is 10.0. The number of hydrogen-bond donors (Lipinski definition) is 2. The van der Waals surface area contributed by atoms with E-state index in [0.29, 0.717) is 6.42 Å². The summed E-state index contributed by atoms with van der Waals surface area (Å²) in [5.74, 6) is -0.396. The average molecular weight is 341 g/mol. The van der Waals surface area contributed by atoms with Gasteiger partial charge in [-0.3, -0.25) is 4.79 Å². The van der Waals surface area contributed by atoms with Gasteiger partial charge in [0.05, 0.1) is 13.2 Å². The van der Waals surface area contributed by atoms with Crippen LogP contribution in [0.5, 0.6) is 17.2 Å². The molecule has 0 radical (unpaired) electrons. The number of Topliss-reactive ketones (excluding diaryl/α,β-unsaturated/α-hetero) is 1. The van der Waals surface area contributed by atoms with Gasteiger partial charge in [-0.15, -0.1) is 0 Å². The van der Waals surface area contributed by atoms with Gasteiger partial charge >= 0.3 is 0 Å². The quantitative estimate of drug-likeness (QED) is 0.890. The third kappa shape index (κ3) is 3.00. The molecule has 0 amide bonds. The molecule has 6 nitrogen and oxygen atoms in total. The number of phenolic OH excluding ortho intramolecular Hbond substituents is 2. The van der Waals surface area contributed by atoms with Crippen molar-refractivity contribution in [1.82, 2.24) is 0 Å².